The Balaban J connectivity index is 1.89. The van der Waals surface area contributed by atoms with Gasteiger partial charge in [-0.3, -0.25) is 4.79 Å². The lowest BCUT2D eigenvalue weighted by Crippen LogP contribution is -2.17. The summed E-state index contributed by atoms with van der Waals surface area (Å²) in [7, 11) is -3.29. The highest BCUT2D eigenvalue weighted by molar-refractivity contribution is 7.90. The molecule has 1 fully saturated rings. The zero-order valence-electron chi connectivity index (χ0n) is 15.5. The highest BCUT2D eigenvalue weighted by Gasteiger charge is 2.16. The van der Waals surface area contributed by atoms with Crippen LogP contribution in [0.15, 0.2) is 28.1 Å². The molecule has 1 aromatic heterocycles. The van der Waals surface area contributed by atoms with Crippen molar-refractivity contribution >= 4 is 37.3 Å². The predicted octanol–water partition coefficient (Wildman–Crippen LogP) is 3.53. The smallest absolute Gasteiger partial charge is 0.248 e. The molecule has 0 unspecified atom stereocenters. The second-order valence-electron chi connectivity index (χ2n) is 7.12. The topological polar surface area (TPSA) is 68.5 Å². The number of thiazole rings is 1. The predicted molar refractivity (Wildman–Crippen MR) is 108 cm³/mol. The minimum atomic E-state index is -3.29. The first-order valence-electron chi connectivity index (χ1n) is 9.23. The van der Waals surface area contributed by atoms with E-state index in [2.05, 4.69) is 10.9 Å². The lowest BCUT2D eigenvalue weighted by Gasteiger charge is -2.20. The fourth-order valence-corrected chi connectivity index (χ4v) is 5.39. The Labute approximate surface area is 164 Å². The Kier molecular flexibility index (Phi) is 6.18. The Bertz CT molecular complexity index is 1050. The van der Waals surface area contributed by atoms with Crippen molar-refractivity contribution in [1.29, 1.82) is 0 Å². The summed E-state index contributed by atoms with van der Waals surface area (Å²) >= 11 is 1.30. The van der Waals surface area contributed by atoms with E-state index in [0.29, 0.717) is 17.1 Å². The van der Waals surface area contributed by atoms with Gasteiger partial charge in [0.25, 0.3) is 0 Å². The molecule has 1 aliphatic carbocycles. The third-order valence-corrected chi connectivity index (χ3v) is 7.19. The fourth-order valence-electron chi connectivity index (χ4n) is 3.58. The molecule has 0 spiro atoms. The number of nitrogens with zero attached hydrogens (tertiary/aromatic N) is 2. The van der Waals surface area contributed by atoms with Gasteiger partial charge in [-0.2, -0.15) is 4.99 Å². The number of carbonyl (C=O) groups is 1. The summed E-state index contributed by atoms with van der Waals surface area (Å²) in [4.78, 5) is 17.5. The molecule has 27 heavy (non-hydrogen) atoms. The van der Waals surface area contributed by atoms with Crippen LogP contribution in [0.1, 0.15) is 44.9 Å². The molecule has 2 aromatic rings. The van der Waals surface area contributed by atoms with Gasteiger partial charge in [0, 0.05) is 12.7 Å². The summed E-state index contributed by atoms with van der Waals surface area (Å²) in [5.41, 5.74) is 0.796. The van der Waals surface area contributed by atoms with Crippen molar-refractivity contribution in [2.45, 2.75) is 56.4 Å². The molecule has 0 atom stereocenters. The third-order valence-electron chi connectivity index (χ3n) is 5.04. The number of aromatic nitrogens is 1. The second-order valence-corrected chi connectivity index (χ2v) is 10.1. The van der Waals surface area contributed by atoms with Gasteiger partial charge in [-0.15, -0.1) is 6.42 Å². The maximum atomic E-state index is 12.4. The average molecular weight is 405 g/mol. The monoisotopic (exact) mass is 404 g/mol. The van der Waals surface area contributed by atoms with Crippen molar-refractivity contribution in [3.63, 3.8) is 0 Å². The lowest BCUT2D eigenvalue weighted by atomic mass is 9.86. The highest BCUT2D eigenvalue weighted by Crippen LogP contribution is 2.27. The second kappa shape index (κ2) is 8.41. The first-order chi connectivity index (χ1) is 12.9. The highest BCUT2D eigenvalue weighted by atomic mass is 32.2. The van der Waals surface area contributed by atoms with Crippen LogP contribution in [-0.4, -0.2) is 25.1 Å². The number of carbonyl (C=O) groups excluding carboxylic acids is 1. The van der Waals surface area contributed by atoms with Gasteiger partial charge in [-0.1, -0.05) is 49.4 Å². The molecule has 0 radical (unpaired) electrons. The van der Waals surface area contributed by atoms with Gasteiger partial charge in [-0.05, 0) is 30.5 Å². The van der Waals surface area contributed by atoms with E-state index in [9.17, 15) is 13.2 Å². The van der Waals surface area contributed by atoms with Gasteiger partial charge in [0.05, 0.1) is 21.7 Å². The van der Waals surface area contributed by atoms with Crippen LogP contribution in [0.5, 0.6) is 0 Å². The van der Waals surface area contributed by atoms with Crippen molar-refractivity contribution in [3.05, 3.63) is 23.0 Å². The fraction of sp³-hybridized carbons (Fsp3) is 0.500. The maximum absolute atomic E-state index is 12.4. The van der Waals surface area contributed by atoms with Gasteiger partial charge in [0.1, 0.15) is 0 Å². The van der Waals surface area contributed by atoms with E-state index < -0.39 is 9.84 Å². The molecule has 144 valence electrons. The summed E-state index contributed by atoms with van der Waals surface area (Å²) in [5.74, 6) is 3.08. The number of hydrogen-bond donors (Lipinski definition) is 0. The van der Waals surface area contributed by atoms with Crippen LogP contribution in [0.2, 0.25) is 0 Å². The number of amides is 1. The van der Waals surface area contributed by atoms with E-state index in [4.69, 9.17) is 6.42 Å². The number of hydrogen-bond acceptors (Lipinski definition) is 4. The zero-order valence-corrected chi connectivity index (χ0v) is 17.1. The third kappa shape index (κ3) is 4.88. The molecular weight excluding hydrogens is 380 g/mol. The van der Waals surface area contributed by atoms with Crippen molar-refractivity contribution < 1.29 is 13.2 Å². The van der Waals surface area contributed by atoms with Crippen LogP contribution in [0.25, 0.3) is 10.2 Å². The van der Waals surface area contributed by atoms with Crippen LogP contribution in [0.4, 0.5) is 0 Å². The molecule has 5 nitrogen and oxygen atoms in total. The average Bonchev–Trinajstić information content (AvgIpc) is 2.97. The van der Waals surface area contributed by atoms with Crippen molar-refractivity contribution in [2.75, 3.05) is 6.26 Å². The number of benzene rings is 1. The quantitative estimate of drug-likeness (QED) is 0.716. The van der Waals surface area contributed by atoms with Crippen LogP contribution in [0.3, 0.4) is 0 Å². The molecule has 1 amide bonds. The molecular formula is C20H24N2O3S2. The van der Waals surface area contributed by atoms with E-state index >= 15 is 0 Å². The van der Waals surface area contributed by atoms with Crippen LogP contribution in [0, 0.1) is 18.3 Å². The van der Waals surface area contributed by atoms with Crippen molar-refractivity contribution in [1.82, 2.24) is 4.57 Å². The Morgan fingerprint density at radius 1 is 1.33 bits per heavy atom. The maximum Gasteiger partial charge on any atom is 0.248 e. The lowest BCUT2D eigenvalue weighted by molar-refractivity contribution is -0.118. The van der Waals surface area contributed by atoms with Gasteiger partial charge in [-0.25, -0.2) is 8.42 Å². The number of sulfone groups is 1. The Morgan fingerprint density at radius 3 is 2.74 bits per heavy atom. The summed E-state index contributed by atoms with van der Waals surface area (Å²) in [6.07, 6.45) is 14.2. The summed E-state index contributed by atoms with van der Waals surface area (Å²) in [5, 5.41) is 0. The van der Waals surface area contributed by atoms with Crippen molar-refractivity contribution in [3.8, 4) is 12.3 Å². The molecule has 1 aliphatic rings. The molecule has 1 saturated carbocycles. The van der Waals surface area contributed by atoms with E-state index in [1.165, 1.54) is 49.7 Å². The largest absolute Gasteiger partial charge is 0.305 e. The molecule has 1 aromatic carbocycles. The molecule has 0 aliphatic heterocycles. The molecule has 0 saturated heterocycles. The van der Waals surface area contributed by atoms with E-state index in [1.54, 1.807) is 22.8 Å². The van der Waals surface area contributed by atoms with Gasteiger partial charge >= 0.3 is 0 Å². The molecule has 1 heterocycles. The number of rotatable bonds is 5. The van der Waals surface area contributed by atoms with Gasteiger partial charge in [0.15, 0.2) is 14.6 Å². The van der Waals surface area contributed by atoms with Gasteiger partial charge in [0.2, 0.25) is 5.91 Å². The first-order valence-corrected chi connectivity index (χ1v) is 11.9. The first kappa shape index (κ1) is 19.8. The van der Waals surface area contributed by atoms with E-state index in [-0.39, 0.29) is 17.3 Å². The normalized spacial score (nSPS) is 16.5. The molecule has 0 N–H and O–H groups in total. The minimum Gasteiger partial charge on any atom is -0.305 e. The van der Waals surface area contributed by atoms with Crippen LogP contribution in [-0.2, 0) is 21.2 Å². The molecule has 0 bridgehead atoms. The summed E-state index contributed by atoms with van der Waals surface area (Å²) in [6.45, 7) is 0.285. The molecule has 3 rings (SSSR count). The van der Waals surface area contributed by atoms with E-state index in [0.717, 1.165) is 16.6 Å². The summed E-state index contributed by atoms with van der Waals surface area (Å²) in [6, 6.07) is 4.91. The summed E-state index contributed by atoms with van der Waals surface area (Å²) < 4.78 is 26.1. The van der Waals surface area contributed by atoms with Crippen molar-refractivity contribution in [2.24, 2.45) is 10.9 Å². The van der Waals surface area contributed by atoms with Crippen LogP contribution >= 0.6 is 11.3 Å². The zero-order chi connectivity index (χ0) is 19.4. The van der Waals surface area contributed by atoms with Gasteiger partial charge < -0.3 is 4.57 Å². The number of fused-ring (bicyclic) bond motifs is 1. The number of terminal acetylenes is 1. The SMILES string of the molecule is C#CCn1c(=NC(=O)CCC2CCCCC2)sc2cc(S(C)(=O)=O)ccc21. The molecule has 7 heteroatoms. The van der Waals surface area contributed by atoms with E-state index in [1.807, 2.05) is 0 Å². The minimum absolute atomic E-state index is 0.138. The Morgan fingerprint density at radius 2 is 2.07 bits per heavy atom. The standard InChI is InChI=1S/C20H24N2O3S2/c1-3-13-22-17-11-10-16(27(2,24)25)14-18(17)26-20(22)21-19(23)12-9-15-7-5-4-6-8-15/h1,10-11,14-15H,4-9,12-13H2,2H3. The Hall–Kier alpha value is -1.91. The van der Waals surface area contributed by atoms with Crippen LogP contribution < -0.4 is 4.80 Å².